The molecule has 0 aromatic carbocycles. The molecule has 0 aromatic rings. The normalized spacial score (nSPS) is 24.3. The molecule has 0 aromatic heterocycles. The Kier molecular flexibility index (Phi) is 5.86. The minimum atomic E-state index is 0.197. The van der Waals surface area contributed by atoms with Crippen molar-refractivity contribution in [3.8, 4) is 0 Å². The largest absolute Gasteiger partial charge is 0.379 e. The number of ether oxygens (including phenoxy) is 1. The summed E-state index contributed by atoms with van der Waals surface area (Å²) in [6, 6.07) is 0. The lowest BCUT2D eigenvalue weighted by Gasteiger charge is -2.47. The summed E-state index contributed by atoms with van der Waals surface area (Å²) in [4.78, 5) is 7.17. The van der Waals surface area contributed by atoms with Crippen LogP contribution in [0.3, 0.4) is 0 Å². The van der Waals surface area contributed by atoms with Gasteiger partial charge >= 0.3 is 0 Å². The van der Waals surface area contributed by atoms with Gasteiger partial charge in [0.25, 0.3) is 0 Å². The van der Waals surface area contributed by atoms with E-state index in [1.54, 1.807) is 6.08 Å². The summed E-state index contributed by atoms with van der Waals surface area (Å²) in [5.74, 6) is 0.531. The maximum atomic E-state index is 5.91. The number of hydrogen-bond acceptors (Lipinski definition) is 3. The molecular weight excluding hydrogens is 252 g/mol. The molecule has 2 aliphatic rings. The van der Waals surface area contributed by atoms with Crippen LogP contribution in [-0.2, 0) is 4.74 Å². The predicted molar refractivity (Wildman–Crippen MR) is 82.9 cm³/mol. The zero-order valence-corrected chi connectivity index (χ0v) is 12.4. The number of nitrogens with one attached hydrogen (secondary N) is 1. The van der Waals surface area contributed by atoms with Gasteiger partial charge in [-0.05, 0) is 12.8 Å². The minimum Gasteiger partial charge on any atom is -0.379 e. The monoisotopic (exact) mass is 280 g/mol. The molecule has 0 bridgehead atoms. The van der Waals surface area contributed by atoms with Gasteiger partial charge in [-0.15, -0.1) is 6.58 Å². The van der Waals surface area contributed by atoms with Crippen LogP contribution >= 0.6 is 0 Å². The fourth-order valence-electron chi connectivity index (χ4n) is 3.29. The van der Waals surface area contributed by atoms with Crippen LogP contribution < -0.4 is 11.1 Å². The van der Waals surface area contributed by atoms with E-state index in [0.29, 0.717) is 12.5 Å². The highest BCUT2D eigenvalue weighted by Gasteiger charge is 2.38. The summed E-state index contributed by atoms with van der Waals surface area (Å²) >= 11 is 0. The van der Waals surface area contributed by atoms with Crippen LogP contribution in [0.15, 0.2) is 17.6 Å². The van der Waals surface area contributed by atoms with Crippen molar-refractivity contribution in [1.29, 1.82) is 0 Å². The number of hydrogen-bond donors (Lipinski definition) is 2. The topological polar surface area (TPSA) is 62.9 Å². The maximum Gasteiger partial charge on any atom is 0.188 e. The molecule has 1 saturated carbocycles. The van der Waals surface area contributed by atoms with Gasteiger partial charge in [0.2, 0.25) is 0 Å². The van der Waals surface area contributed by atoms with Gasteiger partial charge < -0.3 is 15.8 Å². The van der Waals surface area contributed by atoms with Gasteiger partial charge in [-0.2, -0.15) is 0 Å². The summed E-state index contributed by atoms with van der Waals surface area (Å²) < 4.78 is 5.49. The number of rotatable bonds is 5. The number of nitrogens with zero attached hydrogens (tertiary/aromatic N) is 2. The van der Waals surface area contributed by atoms with Crippen molar-refractivity contribution >= 4 is 5.96 Å². The fraction of sp³-hybridized carbons (Fsp3) is 0.800. The third-order valence-corrected chi connectivity index (χ3v) is 4.44. The average molecular weight is 280 g/mol. The molecule has 0 unspecified atom stereocenters. The van der Waals surface area contributed by atoms with Crippen molar-refractivity contribution < 1.29 is 4.74 Å². The lowest BCUT2D eigenvalue weighted by Crippen LogP contribution is -2.56. The number of morpholine rings is 1. The quantitative estimate of drug-likeness (QED) is 0.450. The van der Waals surface area contributed by atoms with E-state index in [0.717, 1.165) is 32.8 Å². The van der Waals surface area contributed by atoms with Crippen molar-refractivity contribution in [2.75, 3.05) is 39.4 Å². The standard InChI is InChI=1S/C15H28N4O/c1-2-8-17-14(16)18-13-15(6-4-3-5-7-15)19-9-11-20-12-10-19/h2H,1,3-13H2,(H3,16,17,18). The minimum absolute atomic E-state index is 0.197. The molecule has 1 aliphatic carbocycles. The molecule has 0 spiro atoms. The smallest absolute Gasteiger partial charge is 0.188 e. The van der Waals surface area contributed by atoms with Crippen molar-refractivity contribution in [2.24, 2.45) is 10.7 Å². The van der Waals surface area contributed by atoms with Crippen LogP contribution in [0.5, 0.6) is 0 Å². The molecule has 20 heavy (non-hydrogen) atoms. The maximum absolute atomic E-state index is 5.91. The molecule has 1 saturated heterocycles. The Morgan fingerprint density at radius 3 is 2.65 bits per heavy atom. The highest BCUT2D eigenvalue weighted by atomic mass is 16.5. The highest BCUT2D eigenvalue weighted by molar-refractivity contribution is 5.77. The molecule has 0 atom stereocenters. The van der Waals surface area contributed by atoms with Crippen LogP contribution in [0.4, 0.5) is 0 Å². The Balaban J connectivity index is 2.00. The zero-order chi connectivity index (χ0) is 14.3. The van der Waals surface area contributed by atoms with Gasteiger partial charge in [0, 0.05) is 25.2 Å². The molecule has 1 aliphatic heterocycles. The van der Waals surface area contributed by atoms with E-state index in [4.69, 9.17) is 10.5 Å². The molecule has 2 fully saturated rings. The van der Waals surface area contributed by atoms with Crippen LogP contribution in [0.25, 0.3) is 0 Å². The third kappa shape index (κ3) is 3.96. The second-order valence-corrected chi connectivity index (χ2v) is 5.76. The second-order valence-electron chi connectivity index (χ2n) is 5.76. The van der Waals surface area contributed by atoms with Gasteiger partial charge in [0.05, 0.1) is 19.8 Å². The SMILES string of the molecule is C=CCNC(N)=NCC1(N2CCOCC2)CCCCC1. The molecular formula is C15H28N4O. The summed E-state index contributed by atoms with van der Waals surface area (Å²) in [5.41, 5.74) is 6.11. The second kappa shape index (κ2) is 7.64. The van der Waals surface area contributed by atoms with Crippen molar-refractivity contribution in [3.63, 3.8) is 0 Å². The number of guanidine groups is 1. The first kappa shape index (κ1) is 15.3. The Morgan fingerprint density at radius 2 is 2.00 bits per heavy atom. The van der Waals surface area contributed by atoms with E-state index < -0.39 is 0 Å². The summed E-state index contributed by atoms with van der Waals surface area (Å²) in [5, 5.41) is 3.06. The van der Waals surface area contributed by atoms with Gasteiger partial charge in [-0.1, -0.05) is 25.3 Å². The zero-order valence-electron chi connectivity index (χ0n) is 12.4. The molecule has 2 rings (SSSR count). The lowest BCUT2D eigenvalue weighted by atomic mass is 9.80. The first-order valence-electron chi connectivity index (χ1n) is 7.74. The fourth-order valence-corrected chi connectivity index (χ4v) is 3.29. The van der Waals surface area contributed by atoms with E-state index in [2.05, 4.69) is 21.8 Å². The van der Waals surface area contributed by atoms with E-state index in [1.165, 1.54) is 32.1 Å². The first-order valence-corrected chi connectivity index (χ1v) is 7.74. The van der Waals surface area contributed by atoms with Crippen molar-refractivity contribution in [2.45, 2.75) is 37.6 Å². The molecule has 5 nitrogen and oxygen atoms in total. The first-order chi connectivity index (χ1) is 9.77. The summed E-state index contributed by atoms with van der Waals surface area (Å²) in [6.45, 7) is 8.87. The Labute approximate surface area is 122 Å². The Morgan fingerprint density at radius 1 is 1.30 bits per heavy atom. The lowest BCUT2D eigenvalue weighted by molar-refractivity contribution is -0.0333. The predicted octanol–water partition coefficient (Wildman–Crippen LogP) is 1.11. The van der Waals surface area contributed by atoms with Crippen LogP contribution in [0.1, 0.15) is 32.1 Å². The van der Waals surface area contributed by atoms with E-state index in [1.807, 2.05) is 0 Å². The highest BCUT2D eigenvalue weighted by Crippen LogP contribution is 2.34. The molecule has 5 heteroatoms. The van der Waals surface area contributed by atoms with E-state index in [-0.39, 0.29) is 5.54 Å². The molecule has 0 amide bonds. The van der Waals surface area contributed by atoms with Crippen molar-refractivity contribution in [1.82, 2.24) is 10.2 Å². The average Bonchev–Trinajstić information content (AvgIpc) is 2.52. The van der Waals surface area contributed by atoms with Crippen LogP contribution in [0.2, 0.25) is 0 Å². The molecule has 114 valence electrons. The van der Waals surface area contributed by atoms with E-state index in [9.17, 15) is 0 Å². The summed E-state index contributed by atoms with van der Waals surface area (Å²) in [7, 11) is 0. The third-order valence-electron chi connectivity index (χ3n) is 4.44. The number of nitrogens with two attached hydrogens (primary N) is 1. The van der Waals surface area contributed by atoms with Crippen molar-refractivity contribution in [3.05, 3.63) is 12.7 Å². The van der Waals surface area contributed by atoms with Gasteiger partial charge in [-0.25, -0.2) is 0 Å². The molecule has 3 N–H and O–H groups in total. The van der Waals surface area contributed by atoms with E-state index >= 15 is 0 Å². The van der Waals surface area contributed by atoms with Gasteiger partial charge in [-0.3, -0.25) is 9.89 Å². The van der Waals surface area contributed by atoms with Gasteiger partial charge in [0.15, 0.2) is 5.96 Å². The molecule has 1 heterocycles. The Hall–Kier alpha value is -1.07. The van der Waals surface area contributed by atoms with Crippen LogP contribution in [-0.4, -0.2) is 55.8 Å². The van der Waals surface area contributed by atoms with Crippen LogP contribution in [0, 0.1) is 0 Å². The Bertz CT molecular complexity index is 331. The molecule has 0 radical (unpaired) electrons. The van der Waals surface area contributed by atoms with Gasteiger partial charge in [0.1, 0.15) is 0 Å². The number of aliphatic imine (C=N–C) groups is 1. The summed E-state index contributed by atoms with van der Waals surface area (Å²) in [6.07, 6.45) is 8.19.